The van der Waals surface area contributed by atoms with Crippen molar-refractivity contribution in [3.8, 4) is 11.8 Å². The molecule has 22 heavy (non-hydrogen) atoms. The quantitative estimate of drug-likeness (QED) is 0.618. The number of ether oxygens (including phenoxy) is 1. The molecule has 0 saturated carbocycles. The Morgan fingerprint density at radius 3 is 2.59 bits per heavy atom. The van der Waals surface area contributed by atoms with Gasteiger partial charge in [0.15, 0.2) is 0 Å². The summed E-state index contributed by atoms with van der Waals surface area (Å²) in [7, 11) is 3.58. The Morgan fingerprint density at radius 1 is 1.27 bits per heavy atom. The van der Waals surface area contributed by atoms with Crippen molar-refractivity contribution >= 4 is 11.6 Å². The number of nitro groups is 1. The molecule has 0 saturated heterocycles. The van der Waals surface area contributed by atoms with Crippen molar-refractivity contribution in [2.75, 3.05) is 19.0 Å². The molecule has 0 N–H and O–H groups in total. The summed E-state index contributed by atoms with van der Waals surface area (Å²) in [5.74, 6) is 1.01. The van der Waals surface area contributed by atoms with Gasteiger partial charge in [0.2, 0.25) is 11.7 Å². The molecule has 0 unspecified atom stereocenters. The molecule has 1 heterocycles. The van der Waals surface area contributed by atoms with Crippen LogP contribution in [0.25, 0.3) is 0 Å². The highest BCUT2D eigenvalue weighted by molar-refractivity contribution is 5.49. The second kappa shape index (κ2) is 6.33. The van der Waals surface area contributed by atoms with Crippen LogP contribution in [-0.4, -0.2) is 34.0 Å². The summed E-state index contributed by atoms with van der Waals surface area (Å²) in [6, 6.07) is 4.87. The summed E-state index contributed by atoms with van der Waals surface area (Å²) in [5.41, 5.74) is 0.753. The van der Waals surface area contributed by atoms with Gasteiger partial charge >= 0.3 is 11.7 Å². The molecule has 2 aromatic rings. The molecular weight excluding hydrogens is 286 g/mol. The second-order valence-corrected chi connectivity index (χ2v) is 4.87. The maximum absolute atomic E-state index is 11.2. The van der Waals surface area contributed by atoms with Crippen LogP contribution >= 0.6 is 0 Å². The fourth-order valence-electron chi connectivity index (χ4n) is 1.80. The third-order valence-electron chi connectivity index (χ3n) is 2.94. The minimum atomic E-state index is -0.477. The van der Waals surface area contributed by atoms with Crippen LogP contribution in [0.2, 0.25) is 0 Å². The molecule has 1 aromatic carbocycles. The molecule has 0 aliphatic heterocycles. The van der Waals surface area contributed by atoms with Gasteiger partial charge in [-0.2, -0.15) is 15.0 Å². The van der Waals surface area contributed by atoms with E-state index in [9.17, 15) is 10.1 Å². The normalized spacial score (nSPS) is 10.4. The van der Waals surface area contributed by atoms with Crippen LogP contribution < -0.4 is 9.64 Å². The smallest absolute Gasteiger partial charge is 0.327 e. The Balaban J connectivity index is 2.40. The molecule has 0 aliphatic rings. The number of hydrogen-bond donors (Lipinski definition) is 0. The van der Waals surface area contributed by atoms with E-state index in [0.717, 1.165) is 5.56 Å². The molecule has 0 fully saturated rings. The SMILES string of the molecule is CCc1ccc(Oc2nc(C)nc(N(C)C)n2)c([N+](=O)[O-])c1. The molecule has 0 aliphatic carbocycles. The minimum absolute atomic E-state index is 0.0311. The third-order valence-corrected chi connectivity index (χ3v) is 2.94. The zero-order valence-corrected chi connectivity index (χ0v) is 12.9. The van der Waals surface area contributed by atoms with Crippen molar-refractivity contribution in [2.24, 2.45) is 0 Å². The van der Waals surface area contributed by atoms with Gasteiger partial charge in [0.05, 0.1) is 4.92 Å². The van der Waals surface area contributed by atoms with Crippen molar-refractivity contribution in [3.63, 3.8) is 0 Å². The molecule has 8 heteroatoms. The van der Waals surface area contributed by atoms with Gasteiger partial charge in [-0.3, -0.25) is 10.1 Å². The number of hydrogen-bond acceptors (Lipinski definition) is 7. The Morgan fingerprint density at radius 2 is 2.00 bits per heavy atom. The van der Waals surface area contributed by atoms with Crippen molar-refractivity contribution in [1.29, 1.82) is 0 Å². The number of aromatic nitrogens is 3. The number of rotatable bonds is 5. The average Bonchev–Trinajstić information content (AvgIpc) is 2.46. The van der Waals surface area contributed by atoms with E-state index in [1.807, 2.05) is 6.92 Å². The highest BCUT2D eigenvalue weighted by Gasteiger charge is 2.18. The van der Waals surface area contributed by atoms with Crippen LogP contribution in [0.3, 0.4) is 0 Å². The van der Waals surface area contributed by atoms with E-state index in [2.05, 4.69) is 15.0 Å². The number of benzene rings is 1. The van der Waals surface area contributed by atoms with E-state index in [-0.39, 0.29) is 17.4 Å². The van der Waals surface area contributed by atoms with E-state index < -0.39 is 4.92 Å². The summed E-state index contributed by atoms with van der Waals surface area (Å²) in [5, 5.41) is 11.2. The average molecular weight is 303 g/mol. The van der Waals surface area contributed by atoms with Gasteiger partial charge in [0.25, 0.3) is 0 Å². The second-order valence-electron chi connectivity index (χ2n) is 4.87. The van der Waals surface area contributed by atoms with Crippen LogP contribution in [-0.2, 0) is 6.42 Å². The third kappa shape index (κ3) is 3.46. The lowest BCUT2D eigenvalue weighted by Crippen LogP contribution is -2.14. The van der Waals surface area contributed by atoms with Gasteiger partial charge in [-0.05, 0) is 25.0 Å². The Kier molecular flexibility index (Phi) is 4.50. The van der Waals surface area contributed by atoms with Gasteiger partial charge in [0, 0.05) is 20.2 Å². The monoisotopic (exact) mass is 303 g/mol. The predicted octanol–water partition coefficient (Wildman–Crippen LogP) is 2.51. The fourth-order valence-corrected chi connectivity index (χ4v) is 1.80. The van der Waals surface area contributed by atoms with Crippen molar-refractivity contribution in [1.82, 2.24) is 15.0 Å². The molecule has 0 amide bonds. The molecule has 116 valence electrons. The van der Waals surface area contributed by atoms with E-state index in [1.54, 1.807) is 38.1 Å². The highest BCUT2D eigenvalue weighted by Crippen LogP contribution is 2.31. The van der Waals surface area contributed by atoms with E-state index in [1.165, 1.54) is 6.07 Å². The lowest BCUT2D eigenvalue weighted by atomic mass is 10.1. The standard InChI is InChI=1S/C14H17N5O3/c1-5-10-6-7-12(11(8-10)19(20)21)22-14-16-9(2)15-13(17-14)18(3)4/h6-8H,5H2,1-4H3. The number of nitro benzene ring substituents is 1. The van der Waals surface area contributed by atoms with Gasteiger partial charge in [-0.1, -0.05) is 13.0 Å². The van der Waals surface area contributed by atoms with Crippen LogP contribution in [0.5, 0.6) is 11.8 Å². The van der Waals surface area contributed by atoms with E-state index in [4.69, 9.17) is 4.74 Å². The zero-order valence-electron chi connectivity index (χ0n) is 12.9. The Labute approximate surface area is 127 Å². The molecule has 0 atom stereocenters. The van der Waals surface area contributed by atoms with Crippen molar-refractivity contribution < 1.29 is 9.66 Å². The highest BCUT2D eigenvalue weighted by atomic mass is 16.6. The first-order valence-electron chi connectivity index (χ1n) is 6.76. The first-order chi connectivity index (χ1) is 10.4. The number of nitrogens with zero attached hydrogens (tertiary/aromatic N) is 5. The lowest BCUT2D eigenvalue weighted by Gasteiger charge is -2.12. The van der Waals surface area contributed by atoms with E-state index in [0.29, 0.717) is 18.2 Å². The van der Waals surface area contributed by atoms with Crippen LogP contribution in [0, 0.1) is 17.0 Å². The molecule has 1 aromatic heterocycles. The zero-order chi connectivity index (χ0) is 16.3. The van der Waals surface area contributed by atoms with Crippen LogP contribution in [0.1, 0.15) is 18.3 Å². The van der Waals surface area contributed by atoms with Gasteiger partial charge in [-0.25, -0.2) is 0 Å². The van der Waals surface area contributed by atoms with Crippen LogP contribution in [0.15, 0.2) is 18.2 Å². The largest absolute Gasteiger partial charge is 0.417 e. The van der Waals surface area contributed by atoms with Crippen molar-refractivity contribution in [2.45, 2.75) is 20.3 Å². The maximum atomic E-state index is 11.2. The first-order valence-corrected chi connectivity index (χ1v) is 6.76. The molecular formula is C14H17N5O3. The minimum Gasteiger partial charge on any atom is -0.417 e. The number of aryl methyl sites for hydroxylation is 2. The Hall–Kier alpha value is -2.77. The molecule has 0 radical (unpaired) electrons. The predicted molar refractivity (Wildman–Crippen MR) is 81.4 cm³/mol. The van der Waals surface area contributed by atoms with Gasteiger partial charge in [-0.15, -0.1) is 0 Å². The summed E-state index contributed by atoms with van der Waals surface area (Å²) in [6.45, 7) is 3.63. The fraction of sp³-hybridized carbons (Fsp3) is 0.357. The maximum Gasteiger partial charge on any atom is 0.327 e. The van der Waals surface area contributed by atoms with Gasteiger partial charge < -0.3 is 9.64 Å². The summed E-state index contributed by atoms with van der Waals surface area (Å²) < 4.78 is 5.51. The number of anilines is 1. The molecule has 0 spiro atoms. The first kappa shape index (κ1) is 15.6. The van der Waals surface area contributed by atoms with E-state index >= 15 is 0 Å². The summed E-state index contributed by atoms with van der Waals surface area (Å²) >= 11 is 0. The molecule has 0 bridgehead atoms. The lowest BCUT2D eigenvalue weighted by molar-refractivity contribution is -0.385. The Bertz CT molecular complexity index is 703. The van der Waals surface area contributed by atoms with Gasteiger partial charge in [0.1, 0.15) is 5.82 Å². The topological polar surface area (TPSA) is 94.3 Å². The summed E-state index contributed by atoms with van der Waals surface area (Å²) in [6.07, 6.45) is 0.705. The molecule has 8 nitrogen and oxygen atoms in total. The van der Waals surface area contributed by atoms with Crippen LogP contribution in [0.4, 0.5) is 11.6 Å². The van der Waals surface area contributed by atoms with Crippen molar-refractivity contribution in [3.05, 3.63) is 39.7 Å². The molecule has 2 rings (SSSR count). The summed E-state index contributed by atoms with van der Waals surface area (Å²) in [4.78, 5) is 24.8.